The van der Waals surface area contributed by atoms with Crippen molar-refractivity contribution in [2.24, 2.45) is 16.7 Å². The molecule has 9 heteroatoms. The summed E-state index contributed by atoms with van der Waals surface area (Å²) in [5, 5.41) is 0. The zero-order valence-corrected chi connectivity index (χ0v) is 19.1. The van der Waals surface area contributed by atoms with Gasteiger partial charge in [-0.05, 0) is 17.3 Å². The minimum absolute atomic E-state index is 0.0284. The van der Waals surface area contributed by atoms with E-state index in [9.17, 15) is 4.79 Å². The molecule has 168 valence electrons. The van der Waals surface area contributed by atoms with Crippen molar-refractivity contribution in [1.82, 2.24) is 19.5 Å². The Balaban J connectivity index is 2.07. The Morgan fingerprint density at radius 1 is 1.23 bits per heavy atom. The third-order valence-corrected chi connectivity index (χ3v) is 5.49. The van der Waals surface area contributed by atoms with E-state index in [1.807, 2.05) is 0 Å². The van der Waals surface area contributed by atoms with Gasteiger partial charge in [-0.1, -0.05) is 41.5 Å². The summed E-state index contributed by atoms with van der Waals surface area (Å²) in [5.41, 5.74) is 6.06. The Kier molecular flexibility index (Phi) is 6.27. The second-order valence-corrected chi connectivity index (χ2v) is 10.3. The van der Waals surface area contributed by atoms with Crippen LogP contribution in [0.25, 0.3) is 11.2 Å². The summed E-state index contributed by atoms with van der Waals surface area (Å²) in [6.07, 6.45) is 1.70. The molecule has 1 aliphatic rings. The molecule has 3 N–H and O–H groups in total. The largest absolute Gasteiger partial charge is 0.382 e. The van der Waals surface area contributed by atoms with Crippen molar-refractivity contribution in [2.45, 2.75) is 66.4 Å². The quantitative estimate of drug-likeness (QED) is 0.689. The van der Waals surface area contributed by atoms with E-state index in [4.69, 9.17) is 19.9 Å². The molecular weight excluding hydrogens is 386 g/mol. The predicted molar refractivity (Wildman–Crippen MR) is 115 cm³/mol. The standard InChI is InChI=1S/C21H35N5O4/c1-20(2,3)10-12-13(21(4,5)6)15(29-9-8-28-7)18(30-12)26-11-23-14-16(26)24-19(22)25-17(14)27/h11-13,15,18H,8-10H2,1-7H3,(H3,22,24,25,27)/t12-,13+,15?,18-/m1/s1. The Morgan fingerprint density at radius 2 is 1.93 bits per heavy atom. The van der Waals surface area contributed by atoms with Gasteiger partial charge in [0.2, 0.25) is 5.95 Å². The van der Waals surface area contributed by atoms with Crippen LogP contribution in [0.4, 0.5) is 5.95 Å². The lowest BCUT2D eigenvalue weighted by atomic mass is 9.71. The number of nitrogens with zero attached hydrogens (tertiary/aromatic N) is 3. The maximum Gasteiger partial charge on any atom is 0.280 e. The number of hydrogen-bond acceptors (Lipinski definition) is 7. The van der Waals surface area contributed by atoms with Gasteiger partial charge in [0.25, 0.3) is 5.56 Å². The second kappa shape index (κ2) is 8.28. The summed E-state index contributed by atoms with van der Waals surface area (Å²) in [6.45, 7) is 14.2. The number of rotatable bonds is 6. The van der Waals surface area contributed by atoms with Crippen LogP contribution in [-0.2, 0) is 14.2 Å². The van der Waals surface area contributed by atoms with Crippen molar-refractivity contribution in [2.75, 3.05) is 26.1 Å². The van der Waals surface area contributed by atoms with E-state index in [0.717, 1.165) is 6.42 Å². The van der Waals surface area contributed by atoms with E-state index in [1.54, 1.807) is 18.0 Å². The molecule has 2 aromatic heterocycles. The number of nitrogens with one attached hydrogen (secondary N) is 1. The number of fused-ring (bicyclic) bond motifs is 1. The van der Waals surface area contributed by atoms with Crippen molar-refractivity contribution >= 4 is 17.1 Å². The molecule has 2 aromatic rings. The zero-order valence-electron chi connectivity index (χ0n) is 19.1. The fraction of sp³-hybridized carbons (Fsp3) is 0.762. The van der Waals surface area contributed by atoms with Gasteiger partial charge in [0.1, 0.15) is 6.10 Å². The maximum atomic E-state index is 12.3. The summed E-state index contributed by atoms with van der Waals surface area (Å²) in [7, 11) is 1.65. The minimum atomic E-state index is -0.475. The van der Waals surface area contributed by atoms with E-state index >= 15 is 0 Å². The summed E-state index contributed by atoms with van der Waals surface area (Å²) in [6, 6.07) is 0. The summed E-state index contributed by atoms with van der Waals surface area (Å²) < 4.78 is 19.9. The molecule has 0 aliphatic carbocycles. The zero-order chi connectivity index (χ0) is 22.3. The summed E-state index contributed by atoms with van der Waals surface area (Å²) >= 11 is 0. The molecule has 0 aromatic carbocycles. The van der Waals surface area contributed by atoms with Crippen LogP contribution in [0, 0.1) is 16.7 Å². The monoisotopic (exact) mass is 421 g/mol. The Hall–Kier alpha value is -1.97. The van der Waals surface area contributed by atoms with E-state index < -0.39 is 6.23 Å². The molecule has 1 saturated heterocycles. The number of nitrogen functional groups attached to an aromatic ring is 1. The smallest absolute Gasteiger partial charge is 0.280 e. The topological polar surface area (TPSA) is 117 Å². The maximum absolute atomic E-state index is 12.3. The highest BCUT2D eigenvalue weighted by molar-refractivity contribution is 5.70. The van der Waals surface area contributed by atoms with Crippen LogP contribution in [0.2, 0.25) is 0 Å². The molecule has 0 bridgehead atoms. The van der Waals surface area contributed by atoms with Crippen molar-refractivity contribution < 1.29 is 14.2 Å². The van der Waals surface area contributed by atoms with Crippen LogP contribution in [0.3, 0.4) is 0 Å². The summed E-state index contributed by atoms with van der Waals surface area (Å²) in [5.74, 6) is 0.165. The summed E-state index contributed by atoms with van der Waals surface area (Å²) in [4.78, 5) is 23.3. The molecular formula is C21H35N5O4. The van der Waals surface area contributed by atoms with Gasteiger partial charge in [0, 0.05) is 13.0 Å². The Labute approximate surface area is 177 Å². The highest BCUT2D eigenvalue weighted by Gasteiger charge is 2.52. The molecule has 9 nitrogen and oxygen atoms in total. The fourth-order valence-electron chi connectivity index (χ4n) is 4.37. The number of imidazole rings is 1. The van der Waals surface area contributed by atoms with E-state index in [2.05, 4.69) is 56.5 Å². The first-order valence-electron chi connectivity index (χ1n) is 10.4. The molecule has 0 saturated carbocycles. The number of H-pyrrole nitrogens is 1. The number of aromatic nitrogens is 4. The SMILES string of the molecule is COCCOC1[C@H](n2cnc3c(=O)[nH]c(N)nc32)O[C@H](CC(C)(C)C)[C@@H]1C(C)(C)C. The average molecular weight is 422 g/mol. The van der Waals surface area contributed by atoms with Crippen LogP contribution in [0.5, 0.6) is 0 Å². The van der Waals surface area contributed by atoms with Crippen LogP contribution >= 0.6 is 0 Å². The molecule has 0 radical (unpaired) electrons. The van der Waals surface area contributed by atoms with Crippen molar-refractivity contribution in [3.63, 3.8) is 0 Å². The van der Waals surface area contributed by atoms with Crippen molar-refractivity contribution in [3.8, 4) is 0 Å². The molecule has 0 spiro atoms. The van der Waals surface area contributed by atoms with E-state index in [-0.39, 0.29) is 46.0 Å². The lowest BCUT2D eigenvalue weighted by molar-refractivity contribution is -0.0766. The molecule has 4 atom stereocenters. The van der Waals surface area contributed by atoms with Gasteiger partial charge in [-0.2, -0.15) is 4.98 Å². The van der Waals surface area contributed by atoms with Crippen LogP contribution in [0.15, 0.2) is 11.1 Å². The molecule has 1 unspecified atom stereocenters. The van der Waals surface area contributed by atoms with Gasteiger partial charge in [0.15, 0.2) is 17.4 Å². The van der Waals surface area contributed by atoms with Gasteiger partial charge < -0.3 is 19.9 Å². The number of hydrogen-bond donors (Lipinski definition) is 2. The van der Waals surface area contributed by atoms with E-state index in [0.29, 0.717) is 18.9 Å². The number of aromatic amines is 1. The van der Waals surface area contributed by atoms with Gasteiger partial charge in [0.05, 0.1) is 25.6 Å². The number of nitrogens with two attached hydrogens (primary N) is 1. The molecule has 3 rings (SSSR count). The minimum Gasteiger partial charge on any atom is -0.382 e. The first kappa shape index (κ1) is 22.7. The van der Waals surface area contributed by atoms with Gasteiger partial charge in [-0.15, -0.1) is 0 Å². The molecule has 30 heavy (non-hydrogen) atoms. The third kappa shape index (κ3) is 4.68. The Morgan fingerprint density at radius 3 is 2.53 bits per heavy atom. The first-order chi connectivity index (χ1) is 13.9. The highest BCUT2D eigenvalue weighted by Crippen LogP contribution is 2.48. The van der Waals surface area contributed by atoms with Gasteiger partial charge in [-0.3, -0.25) is 14.3 Å². The number of anilines is 1. The lowest BCUT2D eigenvalue weighted by Crippen LogP contribution is -2.40. The highest BCUT2D eigenvalue weighted by atomic mass is 16.6. The lowest BCUT2D eigenvalue weighted by Gasteiger charge is -2.37. The van der Waals surface area contributed by atoms with Gasteiger partial charge >= 0.3 is 0 Å². The third-order valence-electron chi connectivity index (χ3n) is 5.49. The molecule has 3 heterocycles. The normalized spacial score (nSPS) is 25.3. The second-order valence-electron chi connectivity index (χ2n) is 10.3. The predicted octanol–water partition coefficient (Wildman–Crippen LogP) is 2.73. The van der Waals surface area contributed by atoms with Crippen LogP contribution < -0.4 is 11.3 Å². The first-order valence-corrected chi connectivity index (χ1v) is 10.4. The van der Waals surface area contributed by atoms with Crippen LogP contribution in [-0.4, -0.2) is 52.1 Å². The van der Waals surface area contributed by atoms with Crippen LogP contribution in [0.1, 0.15) is 54.2 Å². The Bertz CT molecular complexity index is 924. The molecule has 0 amide bonds. The number of methoxy groups -OCH3 is 1. The van der Waals surface area contributed by atoms with Crippen molar-refractivity contribution in [3.05, 3.63) is 16.7 Å². The van der Waals surface area contributed by atoms with Gasteiger partial charge in [-0.25, -0.2) is 4.98 Å². The fourth-order valence-corrected chi connectivity index (χ4v) is 4.37. The average Bonchev–Trinajstić information content (AvgIpc) is 3.14. The van der Waals surface area contributed by atoms with E-state index in [1.165, 1.54) is 0 Å². The van der Waals surface area contributed by atoms with Crippen molar-refractivity contribution in [1.29, 1.82) is 0 Å². The molecule has 1 aliphatic heterocycles. The molecule has 1 fully saturated rings. The number of ether oxygens (including phenoxy) is 3.